The van der Waals surface area contributed by atoms with Crippen LogP contribution in [-0.4, -0.2) is 35.8 Å². The summed E-state index contributed by atoms with van der Waals surface area (Å²) in [5.41, 5.74) is 8.89. The van der Waals surface area contributed by atoms with Crippen LogP contribution in [-0.2, 0) is 13.1 Å². The second kappa shape index (κ2) is 15.8. The van der Waals surface area contributed by atoms with Crippen LogP contribution in [0.5, 0.6) is 0 Å². The smallest absolute Gasteiger partial charge is 0.0902 e. The molecule has 1 N–H and O–H groups in total. The molecule has 212 valence electrons. The Balaban J connectivity index is 0.00000216. The van der Waals surface area contributed by atoms with E-state index in [2.05, 4.69) is 110 Å². The van der Waals surface area contributed by atoms with Crippen LogP contribution in [0.4, 0.5) is 5.69 Å². The molecule has 0 saturated carbocycles. The summed E-state index contributed by atoms with van der Waals surface area (Å²) in [7, 11) is 0. The number of hydrogen-bond donors (Lipinski definition) is 1. The molecule has 40 heavy (non-hydrogen) atoms. The zero-order valence-corrected chi connectivity index (χ0v) is 25.1. The van der Waals surface area contributed by atoms with Crippen molar-refractivity contribution in [1.29, 1.82) is 5.41 Å². The molecule has 2 aliphatic heterocycles. The van der Waals surface area contributed by atoms with E-state index in [-0.39, 0.29) is 0 Å². The lowest BCUT2D eigenvalue weighted by Gasteiger charge is -2.33. The van der Waals surface area contributed by atoms with Crippen molar-refractivity contribution in [2.24, 2.45) is 5.92 Å². The van der Waals surface area contributed by atoms with Gasteiger partial charge in [-0.25, -0.2) is 0 Å². The SMILES string of the molecule is C=CN(C=N)c1ccc(CN2CCC(C(=C/C)/C=C3/C=CN(Cc4ccc(C(=C)C)cc4)CC3)CC2)cc1.CC. The predicted molar refractivity (Wildman–Crippen MR) is 174 cm³/mol. The third-order valence-corrected chi connectivity index (χ3v) is 7.74. The molecule has 0 aliphatic carbocycles. The summed E-state index contributed by atoms with van der Waals surface area (Å²) >= 11 is 0. The summed E-state index contributed by atoms with van der Waals surface area (Å²) < 4.78 is 0. The standard InChI is InChI=1S/C34H42N4.C2H6/c1-5-31(23-28-15-19-36(20-16-28)24-29-7-11-32(12-8-29)27(3)4)33-17-21-37(22-18-33)25-30-9-13-34(14-10-30)38(6-2)26-35;1-2/h5-15,19,23,26,33,35H,2-3,16-18,20-22,24-25H2,1,4H3;1-2H3/b28-23-,31-5+,35-26?;. The van der Waals surface area contributed by atoms with Crippen molar-refractivity contribution in [2.75, 3.05) is 24.5 Å². The van der Waals surface area contributed by atoms with Crippen LogP contribution in [0.3, 0.4) is 0 Å². The monoisotopic (exact) mass is 536 g/mol. The summed E-state index contributed by atoms with van der Waals surface area (Å²) in [4.78, 5) is 6.69. The van der Waals surface area contributed by atoms with Gasteiger partial charge in [-0.2, -0.15) is 0 Å². The van der Waals surface area contributed by atoms with Crippen molar-refractivity contribution in [2.45, 2.75) is 60.0 Å². The third kappa shape index (κ3) is 8.69. The number of benzene rings is 2. The molecule has 1 saturated heterocycles. The van der Waals surface area contributed by atoms with Gasteiger partial charge >= 0.3 is 0 Å². The Bertz CT molecular complexity index is 1180. The zero-order chi connectivity index (χ0) is 28.9. The molecule has 2 aromatic carbocycles. The molecule has 2 aromatic rings. The normalized spacial score (nSPS) is 17.2. The Hall–Kier alpha value is -3.63. The van der Waals surface area contributed by atoms with E-state index in [0.29, 0.717) is 5.92 Å². The minimum Gasteiger partial charge on any atom is -0.373 e. The maximum atomic E-state index is 7.48. The van der Waals surface area contributed by atoms with Gasteiger partial charge in [-0.05, 0) is 104 Å². The Kier molecular flexibility index (Phi) is 12.2. The molecule has 0 unspecified atom stereocenters. The fraction of sp³-hybridized carbons (Fsp3) is 0.361. The Morgan fingerprint density at radius 3 is 2.12 bits per heavy atom. The van der Waals surface area contributed by atoms with E-state index in [0.717, 1.165) is 50.4 Å². The molecule has 1 fully saturated rings. The van der Waals surface area contributed by atoms with Crippen molar-refractivity contribution < 1.29 is 0 Å². The molecule has 2 heterocycles. The first-order chi connectivity index (χ1) is 19.5. The van der Waals surface area contributed by atoms with Gasteiger partial charge in [0.2, 0.25) is 0 Å². The molecular formula is C36H48N4. The number of hydrogen-bond acceptors (Lipinski definition) is 3. The van der Waals surface area contributed by atoms with E-state index >= 15 is 0 Å². The number of likely N-dealkylation sites (tertiary alicyclic amines) is 1. The largest absolute Gasteiger partial charge is 0.373 e. The maximum Gasteiger partial charge on any atom is 0.0902 e. The lowest BCUT2D eigenvalue weighted by molar-refractivity contribution is 0.192. The van der Waals surface area contributed by atoms with E-state index in [1.165, 1.54) is 47.0 Å². The van der Waals surface area contributed by atoms with Crippen LogP contribution in [0, 0.1) is 11.3 Å². The quantitative estimate of drug-likeness (QED) is 0.243. The van der Waals surface area contributed by atoms with Crippen molar-refractivity contribution >= 4 is 17.6 Å². The molecule has 0 radical (unpaired) electrons. The lowest BCUT2D eigenvalue weighted by Crippen LogP contribution is -2.33. The highest BCUT2D eigenvalue weighted by atomic mass is 15.1. The molecule has 0 amide bonds. The third-order valence-electron chi connectivity index (χ3n) is 7.74. The first-order valence-corrected chi connectivity index (χ1v) is 14.8. The summed E-state index contributed by atoms with van der Waals surface area (Å²) in [5.74, 6) is 0.637. The van der Waals surface area contributed by atoms with E-state index in [4.69, 9.17) is 5.41 Å². The molecule has 2 aliphatic rings. The fourth-order valence-electron chi connectivity index (χ4n) is 5.35. The van der Waals surface area contributed by atoms with E-state index in [9.17, 15) is 0 Å². The van der Waals surface area contributed by atoms with Crippen LogP contribution in [0.15, 0.2) is 103 Å². The van der Waals surface area contributed by atoms with Gasteiger partial charge in [-0.1, -0.05) is 81.1 Å². The highest BCUT2D eigenvalue weighted by molar-refractivity contribution is 5.79. The minimum atomic E-state index is 0.637. The minimum absolute atomic E-state index is 0.637. The molecule has 4 rings (SSSR count). The zero-order valence-electron chi connectivity index (χ0n) is 25.1. The van der Waals surface area contributed by atoms with Crippen molar-refractivity contribution in [3.8, 4) is 0 Å². The van der Waals surface area contributed by atoms with Crippen molar-refractivity contribution in [3.63, 3.8) is 0 Å². The van der Waals surface area contributed by atoms with Crippen molar-refractivity contribution in [1.82, 2.24) is 9.80 Å². The molecule has 0 spiro atoms. The van der Waals surface area contributed by atoms with Gasteiger partial charge in [0.05, 0.1) is 6.34 Å². The van der Waals surface area contributed by atoms with Gasteiger partial charge in [0, 0.05) is 31.5 Å². The van der Waals surface area contributed by atoms with E-state index in [1.54, 1.807) is 11.1 Å². The first kappa shape index (κ1) is 30.9. The number of rotatable bonds is 10. The average molecular weight is 537 g/mol. The van der Waals surface area contributed by atoms with Crippen LogP contribution >= 0.6 is 0 Å². The second-order valence-electron chi connectivity index (χ2n) is 10.5. The van der Waals surface area contributed by atoms with Gasteiger partial charge < -0.3 is 9.80 Å². The molecule has 0 aromatic heterocycles. The number of nitrogens with zero attached hydrogens (tertiary/aromatic N) is 3. The fourth-order valence-corrected chi connectivity index (χ4v) is 5.35. The predicted octanol–water partition coefficient (Wildman–Crippen LogP) is 8.81. The maximum absolute atomic E-state index is 7.48. The first-order valence-electron chi connectivity index (χ1n) is 14.8. The Morgan fingerprint density at radius 1 is 0.975 bits per heavy atom. The topological polar surface area (TPSA) is 33.6 Å². The molecule has 0 atom stereocenters. The van der Waals surface area contributed by atoms with Crippen molar-refractivity contribution in [3.05, 3.63) is 120 Å². The Labute approximate surface area is 243 Å². The van der Waals surface area contributed by atoms with Gasteiger partial charge in [0.25, 0.3) is 0 Å². The summed E-state index contributed by atoms with van der Waals surface area (Å²) in [5, 5.41) is 7.48. The summed E-state index contributed by atoms with van der Waals surface area (Å²) in [6.45, 7) is 21.3. The summed E-state index contributed by atoms with van der Waals surface area (Å²) in [6, 6.07) is 17.3. The summed E-state index contributed by atoms with van der Waals surface area (Å²) in [6.07, 6.45) is 15.8. The van der Waals surface area contributed by atoms with Crippen LogP contribution in [0.1, 0.15) is 63.6 Å². The second-order valence-corrected chi connectivity index (χ2v) is 10.5. The van der Waals surface area contributed by atoms with Crippen LogP contribution in [0.25, 0.3) is 5.57 Å². The molecular weight excluding hydrogens is 488 g/mol. The number of allylic oxidation sites excluding steroid dienone is 5. The van der Waals surface area contributed by atoms with Gasteiger partial charge in [0.15, 0.2) is 0 Å². The van der Waals surface area contributed by atoms with Gasteiger partial charge in [0.1, 0.15) is 0 Å². The number of anilines is 1. The van der Waals surface area contributed by atoms with Crippen LogP contribution < -0.4 is 4.90 Å². The van der Waals surface area contributed by atoms with Crippen LogP contribution in [0.2, 0.25) is 0 Å². The van der Waals surface area contributed by atoms with Gasteiger partial charge in [-0.3, -0.25) is 10.3 Å². The molecule has 0 bridgehead atoms. The average Bonchev–Trinajstić information content (AvgIpc) is 3.00. The highest BCUT2D eigenvalue weighted by Gasteiger charge is 2.22. The van der Waals surface area contributed by atoms with E-state index < -0.39 is 0 Å². The van der Waals surface area contributed by atoms with Gasteiger partial charge in [-0.15, -0.1) is 0 Å². The highest BCUT2D eigenvalue weighted by Crippen LogP contribution is 2.29. The lowest BCUT2D eigenvalue weighted by atomic mass is 9.87. The number of nitrogens with one attached hydrogen (secondary N) is 1. The number of piperidine rings is 1. The molecule has 4 heteroatoms. The molecule has 4 nitrogen and oxygen atoms in total. The van der Waals surface area contributed by atoms with E-state index in [1.807, 2.05) is 13.8 Å². The Morgan fingerprint density at radius 2 is 1.60 bits per heavy atom.